The highest BCUT2D eigenvalue weighted by atomic mass is 35.5. The Kier molecular flexibility index (Phi) is 6.11. The van der Waals surface area contributed by atoms with Gasteiger partial charge < -0.3 is 10.6 Å². The number of carbonyl (C=O) groups excluding carboxylic acids is 1. The van der Waals surface area contributed by atoms with Crippen molar-refractivity contribution in [1.29, 1.82) is 0 Å². The lowest BCUT2D eigenvalue weighted by atomic mass is 10.2. The second-order valence-corrected chi connectivity index (χ2v) is 5.69. The van der Waals surface area contributed by atoms with Crippen molar-refractivity contribution in [2.75, 3.05) is 18.4 Å². The molecule has 2 aromatic carbocycles. The van der Waals surface area contributed by atoms with Gasteiger partial charge in [-0.15, -0.1) is 0 Å². The highest BCUT2D eigenvalue weighted by Crippen LogP contribution is 2.27. The molecular weight excluding hydrogens is 379 g/mol. The molecule has 0 aliphatic heterocycles. The molecular formula is C15H11Cl2F2N3O3. The first-order chi connectivity index (χ1) is 11.8. The highest BCUT2D eigenvalue weighted by molar-refractivity contribution is 6.33. The smallest absolute Gasteiger partial charge is 0.293 e. The molecule has 2 rings (SSSR count). The van der Waals surface area contributed by atoms with Gasteiger partial charge in [-0.05, 0) is 24.3 Å². The summed E-state index contributed by atoms with van der Waals surface area (Å²) in [4.78, 5) is 22.3. The third-order valence-electron chi connectivity index (χ3n) is 3.14. The van der Waals surface area contributed by atoms with Gasteiger partial charge in [0.1, 0.15) is 5.69 Å². The van der Waals surface area contributed by atoms with Gasteiger partial charge in [0.05, 0.1) is 15.5 Å². The van der Waals surface area contributed by atoms with Crippen LogP contribution in [-0.2, 0) is 0 Å². The van der Waals surface area contributed by atoms with Crippen LogP contribution in [-0.4, -0.2) is 23.9 Å². The Balaban J connectivity index is 1.95. The quantitative estimate of drug-likeness (QED) is 0.338. The molecule has 0 heterocycles. The van der Waals surface area contributed by atoms with Crippen LogP contribution >= 0.6 is 23.2 Å². The predicted octanol–water partition coefficient (Wildman–Crippen LogP) is 4.02. The molecule has 6 nitrogen and oxygen atoms in total. The molecule has 0 aliphatic rings. The van der Waals surface area contributed by atoms with Crippen LogP contribution in [0.5, 0.6) is 0 Å². The zero-order valence-electron chi connectivity index (χ0n) is 12.5. The van der Waals surface area contributed by atoms with E-state index in [1.54, 1.807) is 0 Å². The Morgan fingerprint density at radius 2 is 1.80 bits per heavy atom. The first-order valence-corrected chi connectivity index (χ1v) is 7.65. The van der Waals surface area contributed by atoms with Gasteiger partial charge in [-0.2, -0.15) is 0 Å². The van der Waals surface area contributed by atoms with Gasteiger partial charge in [-0.25, -0.2) is 8.78 Å². The molecule has 2 N–H and O–H groups in total. The number of benzene rings is 2. The largest absolute Gasteiger partial charge is 0.378 e. The van der Waals surface area contributed by atoms with Crippen molar-refractivity contribution in [2.24, 2.45) is 0 Å². The lowest BCUT2D eigenvalue weighted by Crippen LogP contribution is -2.29. The van der Waals surface area contributed by atoms with E-state index >= 15 is 0 Å². The number of nitrogens with one attached hydrogen (secondary N) is 2. The SMILES string of the molecule is O=C(NCCNc1ccc(Cl)cc1[N+](=O)[O-])c1cc(F)c(F)cc1Cl. The molecule has 132 valence electrons. The number of anilines is 1. The molecule has 2 aromatic rings. The summed E-state index contributed by atoms with van der Waals surface area (Å²) in [7, 11) is 0. The zero-order chi connectivity index (χ0) is 18.6. The second kappa shape index (κ2) is 8.09. The Labute approximate surface area is 150 Å². The first kappa shape index (κ1) is 18.9. The van der Waals surface area contributed by atoms with Gasteiger partial charge in [0.15, 0.2) is 11.6 Å². The Bertz CT molecular complexity index is 834. The van der Waals surface area contributed by atoms with Gasteiger partial charge in [0.2, 0.25) is 0 Å². The van der Waals surface area contributed by atoms with E-state index in [4.69, 9.17) is 23.2 Å². The lowest BCUT2D eigenvalue weighted by Gasteiger charge is -2.10. The van der Waals surface area contributed by atoms with Gasteiger partial charge in [-0.3, -0.25) is 14.9 Å². The van der Waals surface area contributed by atoms with E-state index in [1.807, 2.05) is 0 Å². The van der Waals surface area contributed by atoms with Gasteiger partial charge in [0.25, 0.3) is 11.6 Å². The van der Waals surface area contributed by atoms with E-state index in [2.05, 4.69) is 10.6 Å². The highest BCUT2D eigenvalue weighted by Gasteiger charge is 2.16. The van der Waals surface area contributed by atoms with Crippen molar-refractivity contribution in [1.82, 2.24) is 5.32 Å². The Morgan fingerprint density at radius 1 is 1.12 bits per heavy atom. The maximum atomic E-state index is 13.2. The third kappa shape index (κ3) is 4.77. The number of nitrogens with zero attached hydrogens (tertiary/aromatic N) is 1. The zero-order valence-corrected chi connectivity index (χ0v) is 14.0. The normalized spacial score (nSPS) is 10.4. The molecule has 0 bridgehead atoms. The summed E-state index contributed by atoms with van der Waals surface area (Å²) in [6.45, 7) is 0.212. The van der Waals surface area contributed by atoms with E-state index < -0.39 is 22.5 Å². The molecule has 25 heavy (non-hydrogen) atoms. The third-order valence-corrected chi connectivity index (χ3v) is 3.68. The topological polar surface area (TPSA) is 84.3 Å². The van der Waals surface area contributed by atoms with E-state index in [-0.39, 0.29) is 40.1 Å². The van der Waals surface area contributed by atoms with Crippen LogP contribution in [0.1, 0.15) is 10.4 Å². The van der Waals surface area contributed by atoms with Crippen molar-refractivity contribution in [3.8, 4) is 0 Å². The summed E-state index contributed by atoms with van der Waals surface area (Å²) in [5, 5.41) is 16.2. The van der Waals surface area contributed by atoms with Crippen molar-refractivity contribution < 1.29 is 18.5 Å². The van der Waals surface area contributed by atoms with Crippen LogP contribution in [0, 0.1) is 21.7 Å². The molecule has 0 saturated heterocycles. The molecule has 0 fully saturated rings. The maximum Gasteiger partial charge on any atom is 0.293 e. The number of carbonyl (C=O) groups is 1. The summed E-state index contributed by atoms with van der Waals surface area (Å²) in [5.41, 5.74) is -0.185. The molecule has 0 aliphatic carbocycles. The minimum Gasteiger partial charge on any atom is -0.378 e. The van der Waals surface area contributed by atoms with Gasteiger partial charge in [0, 0.05) is 24.2 Å². The monoisotopic (exact) mass is 389 g/mol. The lowest BCUT2D eigenvalue weighted by molar-refractivity contribution is -0.383. The summed E-state index contributed by atoms with van der Waals surface area (Å²) in [6, 6.07) is 5.53. The van der Waals surface area contributed by atoms with Gasteiger partial charge >= 0.3 is 0 Å². The standard InChI is InChI=1S/C15H11Cl2F2N3O3/c16-8-1-2-13(14(5-8)22(24)25)20-3-4-21-15(23)9-6-11(18)12(19)7-10(9)17/h1-2,5-7,20H,3-4H2,(H,21,23). The van der Waals surface area contributed by atoms with Gasteiger partial charge in [-0.1, -0.05) is 23.2 Å². The van der Waals surface area contributed by atoms with E-state index in [1.165, 1.54) is 18.2 Å². The average Bonchev–Trinajstić information content (AvgIpc) is 2.55. The van der Waals surface area contributed by atoms with Crippen LogP contribution in [0.25, 0.3) is 0 Å². The first-order valence-electron chi connectivity index (χ1n) is 6.90. The molecule has 0 saturated carbocycles. The van der Waals surface area contributed by atoms with Crippen molar-refractivity contribution in [3.05, 3.63) is 67.7 Å². The fourth-order valence-corrected chi connectivity index (χ4v) is 2.37. The number of nitro benzene ring substituents is 1. The summed E-state index contributed by atoms with van der Waals surface area (Å²) >= 11 is 11.4. The van der Waals surface area contributed by atoms with Crippen LogP contribution < -0.4 is 10.6 Å². The number of hydrogen-bond acceptors (Lipinski definition) is 4. The second-order valence-electron chi connectivity index (χ2n) is 4.85. The molecule has 0 atom stereocenters. The van der Waals surface area contributed by atoms with Crippen LogP contribution in [0.4, 0.5) is 20.2 Å². The van der Waals surface area contributed by atoms with Crippen molar-refractivity contribution in [2.45, 2.75) is 0 Å². The minimum atomic E-state index is -1.19. The van der Waals surface area contributed by atoms with Crippen molar-refractivity contribution in [3.63, 3.8) is 0 Å². The Morgan fingerprint density at radius 3 is 2.48 bits per heavy atom. The molecule has 1 amide bonds. The van der Waals surface area contributed by atoms with E-state index in [9.17, 15) is 23.7 Å². The average molecular weight is 390 g/mol. The summed E-state index contributed by atoms with van der Waals surface area (Å²) < 4.78 is 26.2. The number of halogens is 4. The Hall–Kier alpha value is -2.45. The predicted molar refractivity (Wildman–Crippen MR) is 90.3 cm³/mol. The van der Waals surface area contributed by atoms with Crippen LogP contribution in [0.3, 0.4) is 0 Å². The number of hydrogen-bond donors (Lipinski definition) is 2. The molecule has 0 spiro atoms. The number of nitro groups is 1. The van der Waals surface area contributed by atoms with Crippen molar-refractivity contribution >= 4 is 40.5 Å². The number of amides is 1. The molecule has 0 unspecified atom stereocenters. The fourth-order valence-electron chi connectivity index (χ4n) is 1.97. The number of rotatable bonds is 6. The van der Waals surface area contributed by atoms with Crippen LogP contribution in [0.15, 0.2) is 30.3 Å². The van der Waals surface area contributed by atoms with Crippen LogP contribution in [0.2, 0.25) is 10.0 Å². The minimum absolute atomic E-state index is 0.0634. The summed E-state index contributed by atoms with van der Waals surface area (Å²) in [5.74, 6) is -3.04. The fraction of sp³-hybridized carbons (Fsp3) is 0.133. The summed E-state index contributed by atoms with van der Waals surface area (Å²) in [6.07, 6.45) is 0. The molecule has 10 heteroatoms. The molecule has 0 aromatic heterocycles. The molecule has 0 radical (unpaired) electrons. The maximum absolute atomic E-state index is 13.2. The van der Waals surface area contributed by atoms with E-state index in [0.717, 1.165) is 0 Å². The van der Waals surface area contributed by atoms with E-state index in [0.29, 0.717) is 12.1 Å².